The second-order valence-electron chi connectivity index (χ2n) is 6.93. The van der Waals surface area contributed by atoms with Crippen molar-refractivity contribution in [3.63, 3.8) is 0 Å². The first-order valence-corrected chi connectivity index (χ1v) is 10.1. The maximum Gasteiger partial charge on any atom is 2.00 e. The Labute approximate surface area is 202 Å². The van der Waals surface area contributed by atoms with Crippen molar-refractivity contribution < 1.29 is 21.1 Å². The Hall–Kier alpha value is -3.48. The first-order chi connectivity index (χ1) is 15.3. The van der Waals surface area contributed by atoms with Crippen molar-refractivity contribution in [2.24, 2.45) is 0 Å². The number of nitrogens with zero attached hydrogens (tertiary/aromatic N) is 1. The molecule has 2 nitrogen and oxygen atoms in total. The fraction of sp³-hybridized carbons (Fsp3) is 0. The number of nitrogens with one attached hydrogen (secondary N) is 1. The Morgan fingerprint density at radius 3 is 1.91 bits per heavy atom. The van der Waals surface area contributed by atoms with Crippen LogP contribution in [-0.4, -0.2) is 9.97 Å². The van der Waals surface area contributed by atoms with E-state index in [1.165, 1.54) is 33.0 Å². The molecule has 0 amide bonds. The molecule has 4 aromatic carbocycles. The van der Waals surface area contributed by atoms with E-state index in [1.54, 1.807) is 0 Å². The predicted octanol–water partition coefficient (Wildman–Crippen LogP) is 7.49. The van der Waals surface area contributed by atoms with Crippen molar-refractivity contribution in [1.29, 1.82) is 0 Å². The van der Waals surface area contributed by atoms with E-state index in [9.17, 15) is 0 Å². The van der Waals surface area contributed by atoms with Gasteiger partial charge in [-0.15, -0.1) is 6.07 Å². The molecule has 0 unspecified atom stereocenters. The van der Waals surface area contributed by atoms with Crippen molar-refractivity contribution in [3.05, 3.63) is 134 Å². The van der Waals surface area contributed by atoms with Crippen LogP contribution in [0.4, 0.5) is 0 Å². The van der Waals surface area contributed by atoms with E-state index in [2.05, 4.69) is 58.5 Å². The van der Waals surface area contributed by atoms with Gasteiger partial charge in [0.05, 0.1) is 5.52 Å². The number of hydrogen-bond donors (Lipinski definition) is 1. The molecule has 0 fully saturated rings. The van der Waals surface area contributed by atoms with Crippen molar-refractivity contribution in [2.45, 2.75) is 0 Å². The van der Waals surface area contributed by atoms with Gasteiger partial charge in [-0.25, -0.2) is 12.1 Å². The SMILES string of the molecule is [CH-]=Cc1[c-]cccc1.[W+2].c1ccc2c(c1)cnc1ccccc12.c1ccc2c[nH]cc2c1. The Kier molecular flexibility index (Phi) is 8.54. The number of rotatable bonds is 1. The monoisotopic (exact) mass is 582 g/mol. The zero-order valence-corrected chi connectivity index (χ0v) is 20.4. The minimum atomic E-state index is 0. The minimum absolute atomic E-state index is 0. The summed E-state index contributed by atoms with van der Waals surface area (Å²) in [5.74, 6) is 0. The van der Waals surface area contributed by atoms with Gasteiger partial charge in [0, 0.05) is 29.4 Å². The summed E-state index contributed by atoms with van der Waals surface area (Å²) in [6, 6.07) is 35.3. The standard InChI is InChI=1S/C13H9N.C8H7N.C8H6.W/c1-2-6-11-10(5-1)9-14-13-8-4-3-7-12(11)13;1-2-4-8-6-9-5-7(8)3-1;1-2-8-6-4-3-5-7-8;/h1-9H;1-6,9H;1-6H;/q;;-2;+2. The molecule has 0 aliphatic carbocycles. The molecule has 6 rings (SSSR count). The first kappa shape index (κ1) is 23.2. The summed E-state index contributed by atoms with van der Waals surface area (Å²) in [7, 11) is 0. The normalized spacial score (nSPS) is 9.75. The first-order valence-electron chi connectivity index (χ1n) is 10.1. The summed E-state index contributed by atoms with van der Waals surface area (Å²) >= 11 is 0. The third kappa shape index (κ3) is 5.81. The molecule has 1 N–H and O–H groups in total. The molecule has 154 valence electrons. The van der Waals surface area contributed by atoms with Crippen LogP contribution in [0.2, 0.25) is 0 Å². The van der Waals surface area contributed by atoms with Crippen LogP contribution in [0.15, 0.2) is 116 Å². The summed E-state index contributed by atoms with van der Waals surface area (Å²) in [4.78, 5) is 7.45. The average molecular weight is 582 g/mol. The van der Waals surface area contributed by atoms with Gasteiger partial charge in [-0.05, 0) is 22.2 Å². The van der Waals surface area contributed by atoms with Crippen LogP contribution in [0.25, 0.3) is 38.5 Å². The number of aromatic nitrogens is 2. The Balaban J connectivity index is 0.000000141. The van der Waals surface area contributed by atoms with Gasteiger partial charge >= 0.3 is 21.1 Å². The molecule has 0 spiro atoms. The number of fused-ring (bicyclic) bond motifs is 4. The van der Waals surface area contributed by atoms with E-state index < -0.39 is 0 Å². The van der Waals surface area contributed by atoms with Crippen molar-refractivity contribution in [3.8, 4) is 0 Å². The van der Waals surface area contributed by atoms with Gasteiger partial charge in [0.15, 0.2) is 0 Å². The molecule has 2 heterocycles. The maximum absolute atomic E-state index is 5.19. The van der Waals surface area contributed by atoms with Gasteiger partial charge in [-0.2, -0.15) is 12.1 Å². The summed E-state index contributed by atoms with van der Waals surface area (Å²) in [6.45, 7) is 5.19. The van der Waals surface area contributed by atoms with Crippen LogP contribution < -0.4 is 0 Å². The van der Waals surface area contributed by atoms with Crippen molar-refractivity contribution >= 4 is 38.5 Å². The van der Waals surface area contributed by atoms with Crippen molar-refractivity contribution in [1.82, 2.24) is 9.97 Å². The van der Waals surface area contributed by atoms with Crippen LogP contribution in [0, 0.1) is 12.6 Å². The quantitative estimate of drug-likeness (QED) is 0.158. The Bertz CT molecular complexity index is 1320. The van der Waals surface area contributed by atoms with Crippen LogP contribution in [0.3, 0.4) is 0 Å². The second-order valence-corrected chi connectivity index (χ2v) is 6.93. The van der Waals surface area contributed by atoms with Gasteiger partial charge in [0.25, 0.3) is 0 Å². The molecule has 0 aliphatic heterocycles. The zero-order chi connectivity index (χ0) is 21.3. The van der Waals surface area contributed by atoms with E-state index >= 15 is 0 Å². The average Bonchev–Trinajstić information content (AvgIpc) is 3.34. The number of benzene rings is 4. The van der Waals surface area contributed by atoms with Gasteiger partial charge in [0.1, 0.15) is 0 Å². The maximum atomic E-state index is 5.19. The number of H-pyrrole nitrogens is 1. The fourth-order valence-electron chi connectivity index (χ4n) is 3.31. The van der Waals surface area contributed by atoms with Crippen LogP contribution in [0.1, 0.15) is 5.56 Å². The Morgan fingerprint density at radius 2 is 1.28 bits per heavy atom. The zero-order valence-electron chi connectivity index (χ0n) is 17.5. The summed E-state index contributed by atoms with van der Waals surface area (Å²) in [5, 5.41) is 6.25. The third-order valence-corrected chi connectivity index (χ3v) is 4.88. The van der Waals surface area contributed by atoms with E-state index in [0.29, 0.717) is 0 Å². The van der Waals surface area contributed by atoms with Crippen LogP contribution >= 0.6 is 0 Å². The number of para-hydroxylation sites is 1. The molecule has 0 saturated carbocycles. The molecular formula is C29H22N2W. The largest absolute Gasteiger partial charge is 2.00 e. The van der Waals surface area contributed by atoms with Crippen molar-refractivity contribution in [2.75, 3.05) is 0 Å². The van der Waals surface area contributed by atoms with E-state index in [-0.39, 0.29) is 21.1 Å². The number of hydrogen-bond acceptors (Lipinski definition) is 1. The molecule has 2 aromatic heterocycles. The van der Waals surface area contributed by atoms with E-state index in [4.69, 9.17) is 6.58 Å². The smallest absolute Gasteiger partial charge is 0.366 e. The molecule has 0 aliphatic rings. The van der Waals surface area contributed by atoms with E-state index in [1.807, 2.05) is 73.2 Å². The molecule has 6 aromatic rings. The summed E-state index contributed by atoms with van der Waals surface area (Å²) in [5.41, 5.74) is 2.00. The fourth-order valence-corrected chi connectivity index (χ4v) is 3.31. The van der Waals surface area contributed by atoms with E-state index in [0.717, 1.165) is 11.1 Å². The van der Waals surface area contributed by atoms with Gasteiger partial charge in [0.2, 0.25) is 0 Å². The molecule has 0 saturated heterocycles. The van der Waals surface area contributed by atoms with Crippen LogP contribution in [0.5, 0.6) is 0 Å². The second kappa shape index (κ2) is 11.8. The minimum Gasteiger partial charge on any atom is -0.366 e. The number of pyridine rings is 1. The van der Waals surface area contributed by atoms with Gasteiger partial charge < -0.3 is 23.2 Å². The molecular weight excluding hydrogens is 560 g/mol. The molecule has 0 atom stereocenters. The van der Waals surface area contributed by atoms with Gasteiger partial charge in [-0.3, -0.25) is 4.98 Å². The molecule has 32 heavy (non-hydrogen) atoms. The summed E-state index contributed by atoms with van der Waals surface area (Å²) in [6.07, 6.45) is 7.45. The molecule has 0 radical (unpaired) electrons. The predicted molar refractivity (Wildman–Crippen MR) is 132 cm³/mol. The van der Waals surface area contributed by atoms with Crippen LogP contribution in [-0.2, 0) is 21.1 Å². The molecule has 3 heteroatoms. The summed E-state index contributed by atoms with van der Waals surface area (Å²) < 4.78 is 0. The number of aromatic amines is 1. The Morgan fingerprint density at radius 1 is 0.688 bits per heavy atom. The molecule has 0 bridgehead atoms. The topological polar surface area (TPSA) is 28.7 Å². The van der Waals surface area contributed by atoms with Gasteiger partial charge in [-0.1, -0.05) is 66.7 Å². The third-order valence-electron chi connectivity index (χ3n) is 4.88.